The predicted octanol–water partition coefficient (Wildman–Crippen LogP) is 3.01. The van der Waals surface area contributed by atoms with Crippen LogP contribution >= 0.6 is 11.6 Å². The average Bonchev–Trinajstić information content (AvgIpc) is 2.46. The number of rotatable bonds is 4. The maximum atomic E-state index is 8.75. The fourth-order valence-corrected chi connectivity index (χ4v) is 1.79. The molecule has 0 aliphatic heterocycles. The van der Waals surface area contributed by atoms with Gasteiger partial charge in [-0.1, -0.05) is 47.1 Å². The quantitative estimate of drug-likeness (QED) is 0.390. The van der Waals surface area contributed by atoms with Crippen LogP contribution in [0.5, 0.6) is 5.75 Å². The van der Waals surface area contributed by atoms with E-state index in [-0.39, 0.29) is 5.84 Å². The molecular weight excluding hydrogens is 264 g/mol. The molecule has 0 aromatic heterocycles. The van der Waals surface area contributed by atoms with Gasteiger partial charge in [-0.05, 0) is 23.8 Å². The molecule has 2 rings (SSSR count). The molecule has 19 heavy (non-hydrogen) atoms. The first-order valence-corrected chi connectivity index (χ1v) is 6.02. The minimum Gasteiger partial charge on any atom is -0.488 e. The number of amidine groups is 1. The Morgan fingerprint density at radius 1 is 1.21 bits per heavy atom. The van der Waals surface area contributed by atoms with E-state index in [1.807, 2.05) is 30.3 Å². The number of nitrogens with zero attached hydrogens (tertiary/aromatic N) is 1. The maximum Gasteiger partial charge on any atom is 0.173 e. The molecule has 0 fully saturated rings. The predicted molar refractivity (Wildman–Crippen MR) is 74.7 cm³/mol. The number of oxime groups is 1. The number of benzene rings is 2. The van der Waals surface area contributed by atoms with E-state index < -0.39 is 0 Å². The largest absolute Gasteiger partial charge is 0.488 e. The molecule has 0 spiro atoms. The second-order valence-electron chi connectivity index (χ2n) is 3.90. The topological polar surface area (TPSA) is 67.8 Å². The van der Waals surface area contributed by atoms with Crippen molar-refractivity contribution in [3.8, 4) is 5.75 Å². The van der Waals surface area contributed by atoms with Crippen LogP contribution in [-0.2, 0) is 6.61 Å². The fraction of sp³-hybridized carbons (Fsp3) is 0.0714. The van der Waals surface area contributed by atoms with E-state index in [4.69, 9.17) is 27.3 Å². The summed E-state index contributed by atoms with van der Waals surface area (Å²) in [5.41, 5.74) is 7.09. The molecule has 0 saturated carbocycles. The Labute approximate surface area is 116 Å². The molecule has 0 atom stereocenters. The molecule has 0 saturated heterocycles. The van der Waals surface area contributed by atoms with E-state index in [0.717, 1.165) is 5.56 Å². The molecule has 0 heterocycles. The van der Waals surface area contributed by atoms with Crippen molar-refractivity contribution in [2.75, 3.05) is 0 Å². The van der Waals surface area contributed by atoms with Gasteiger partial charge in [0, 0.05) is 5.02 Å². The monoisotopic (exact) mass is 276 g/mol. The van der Waals surface area contributed by atoms with Gasteiger partial charge in [0.15, 0.2) is 5.84 Å². The van der Waals surface area contributed by atoms with E-state index in [1.54, 1.807) is 18.2 Å². The summed E-state index contributed by atoms with van der Waals surface area (Å²) in [6.07, 6.45) is 0. The van der Waals surface area contributed by atoms with E-state index in [1.165, 1.54) is 0 Å². The lowest BCUT2D eigenvalue weighted by atomic mass is 10.2. The van der Waals surface area contributed by atoms with Crippen LogP contribution in [0, 0.1) is 0 Å². The summed E-state index contributed by atoms with van der Waals surface area (Å²) in [4.78, 5) is 0. The zero-order valence-corrected chi connectivity index (χ0v) is 10.8. The molecule has 0 unspecified atom stereocenters. The first-order valence-electron chi connectivity index (χ1n) is 5.65. The molecular formula is C14H13ClN2O2. The van der Waals surface area contributed by atoms with Crippen molar-refractivity contribution in [1.29, 1.82) is 0 Å². The lowest BCUT2D eigenvalue weighted by Gasteiger charge is -2.11. The Bertz CT molecular complexity index is 585. The summed E-state index contributed by atoms with van der Waals surface area (Å²) in [5.74, 6) is 0.481. The van der Waals surface area contributed by atoms with Crippen LogP contribution in [0.1, 0.15) is 11.1 Å². The van der Waals surface area contributed by atoms with Crippen LogP contribution in [0.3, 0.4) is 0 Å². The van der Waals surface area contributed by atoms with Gasteiger partial charge in [0.1, 0.15) is 12.4 Å². The molecule has 4 nitrogen and oxygen atoms in total. The molecule has 0 radical (unpaired) electrons. The Hall–Kier alpha value is -2.20. The second kappa shape index (κ2) is 6.11. The zero-order valence-electron chi connectivity index (χ0n) is 10.1. The Kier molecular flexibility index (Phi) is 4.26. The van der Waals surface area contributed by atoms with Gasteiger partial charge in [0.2, 0.25) is 0 Å². The van der Waals surface area contributed by atoms with Gasteiger partial charge >= 0.3 is 0 Å². The number of halogens is 1. The highest BCUT2D eigenvalue weighted by atomic mass is 35.5. The van der Waals surface area contributed by atoms with Crippen molar-refractivity contribution in [1.82, 2.24) is 0 Å². The second-order valence-corrected chi connectivity index (χ2v) is 4.34. The van der Waals surface area contributed by atoms with Gasteiger partial charge in [0.25, 0.3) is 0 Å². The molecule has 0 amide bonds. The lowest BCUT2D eigenvalue weighted by Crippen LogP contribution is -2.14. The third-order valence-corrected chi connectivity index (χ3v) is 2.80. The Balaban J connectivity index is 2.20. The van der Waals surface area contributed by atoms with E-state index in [9.17, 15) is 0 Å². The summed E-state index contributed by atoms with van der Waals surface area (Å²) >= 11 is 5.89. The van der Waals surface area contributed by atoms with Crippen molar-refractivity contribution in [2.24, 2.45) is 10.9 Å². The molecule has 2 aromatic rings. The van der Waals surface area contributed by atoms with E-state index in [2.05, 4.69) is 5.16 Å². The van der Waals surface area contributed by atoms with Gasteiger partial charge in [-0.3, -0.25) is 0 Å². The first-order chi connectivity index (χ1) is 9.20. The molecule has 98 valence electrons. The van der Waals surface area contributed by atoms with Crippen molar-refractivity contribution in [3.63, 3.8) is 0 Å². The Morgan fingerprint density at radius 3 is 2.63 bits per heavy atom. The van der Waals surface area contributed by atoms with Gasteiger partial charge in [-0.2, -0.15) is 0 Å². The molecule has 0 bridgehead atoms. The van der Waals surface area contributed by atoms with E-state index >= 15 is 0 Å². The van der Waals surface area contributed by atoms with Crippen LogP contribution < -0.4 is 10.5 Å². The van der Waals surface area contributed by atoms with Crippen molar-refractivity contribution in [3.05, 3.63) is 64.7 Å². The Morgan fingerprint density at radius 2 is 1.95 bits per heavy atom. The molecule has 3 N–H and O–H groups in total. The lowest BCUT2D eigenvalue weighted by molar-refractivity contribution is 0.303. The highest BCUT2D eigenvalue weighted by molar-refractivity contribution is 6.31. The summed E-state index contributed by atoms with van der Waals surface area (Å²) < 4.78 is 5.67. The smallest absolute Gasteiger partial charge is 0.173 e. The minimum absolute atomic E-state index is 0.0365. The van der Waals surface area contributed by atoms with Crippen LogP contribution in [0.4, 0.5) is 0 Å². The molecule has 0 aliphatic carbocycles. The van der Waals surface area contributed by atoms with Crippen LogP contribution in [0.15, 0.2) is 53.7 Å². The minimum atomic E-state index is -0.0365. The number of ether oxygens (including phenoxy) is 1. The van der Waals surface area contributed by atoms with Gasteiger partial charge in [-0.25, -0.2) is 0 Å². The fourth-order valence-electron chi connectivity index (χ4n) is 1.62. The maximum absolute atomic E-state index is 8.75. The average molecular weight is 277 g/mol. The molecule has 5 heteroatoms. The third kappa shape index (κ3) is 3.39. The molecule has 0 aliphatic rings. The van der Waals surface area contributed by atoms with Crippen LogP contribution in [0.25, 0.3) is 0 Å². The number of nitrogens with two attached hydrogens (primary N) is 1. The highest BCUT2D eigenvalue weighted by Crippen LogP contribution is 2.23. The number of hydrogen-bond acceptors (Lipinski definition) is 3. The highest BCUT2D eigenvalue weighted by Gasteiger charge is 2.09. The summed E-state index contributed by atoms with van der Waals surface area (Å²) in [5, 5.41) is 12.2. The SMILES string of the molecule is NC(=NO)c1cc(Cl)ccc1OCc1ccccc1. The van der Waals surface area contributed by atoms with E-state index in [0.29, 0.717) is 22.9 Å². The number of hydrogen-bond donors (Lipinski definition) is 2. The van der Waals surface area contributed by atoms with Crippen molar-refractivity contribution in [2.45, 2.75) is 6.61 Å². The zero-order chi connectivity index (χ0) is 13.7. The van der Waals surface area contributed by atoms with Crippen LogP contribution in [-0.4, -0.2) is 11.0 Å². The summed E-state index contributed by atoms with van der Waals surface area (Å²) in [6, 6.07) is 14.7. The third-order valence-electron chi connectivity index (χ3n) is 2.56. The van der Waals surface area contributed by atoms with Crippen molar-refractivity contribution >= 4 is 17.4 Å². The van der Waals surface area contributed by atoms with Crippen LogP contribution in [0.2, 0.25) is 5.02 Å². The molecule has 2 aromatic carbocycles. The van der Waals surface area contributed by atoms with Gasteiger partial charge in [-0.15, -0.1) is 0 Å². The first kappa shape index (κ1) is 13.2. The van der Waals surface area contributed by atoms with Gasteiger partial charge < -0.3 is 15.7 Å². The summed E-state index contributed by atoms with van der Waals surface area (Å²) in [7, 11) is 0. The van der Waals surface area contributed by atoms with Crippen molar-refractivity contribution < 1.29 is 9.94 Å². The van der Waals surface area contributed by atoms with Gasteiger partial charge in [0.05, 0.1) is 5.56 Å². The standard InChI is InChI=1S/C14H13ClN2O2/c15-11-6-7-13(12(8-11)14(16)17-18)19-9-10-4-2-1-3-5-10/h1-8,18H,9H2,(H2,16,17). The normalized spacial score (nSPS) is 11.3. The summed E-state index contributed by atoms with van der Waals surface area (Å²) in [6.45, 7) is 0.397.